The van der Waals surface area contributed by atoms with Gasteiger partial charge >= 0.3 is 6.01 Å². The Labute approximate surface area is 461 Å². The fourth-order valence-corrected chi connectivity index (χ4v) is 12.2. The standard InChI is InChI=1S/C60H62FN13O6/c1-33(2)55(59(77)72-20-4-5-51(72)58(76)66-50(30-75)39-14-12-37(13-15-39)47-16-19-62-32-64-47)74-29-49(70-71-74)38-8-6-35(7-9-38)31-79-56-53(52-34(3)46(61)25-48-45(52)27-65-69-48)43(36-10-11-36)24-44-54(56)67-60(80-42-17-21-78-22-18-42)68-57(44)73-28-40-23-41(73)26-63-40/h6-9,12-16,19,24-25,27,29-30,32-33,36,40-42,51,55,63,75H,4-5,10-11,17-18,20-23,26,28,31H2,1-3H3,(H,65,69)(H,66,76)/b50-30+/t40-,41-,51-,55-/m0/s1. The molecule has 4 aromatic carbocycles. The molecule has 1 saturated carbocycles. The molecule has 80 heavy (non-hydrogen) atoms. The third kappa shape index (κ3) is 9.73. The van der Waals surface area contributed by atoms with Crippen LogP contribution in [0.15, 0.2) is 97.9 Å². The predicted molar refractivity (Wildman–Crippen MR) is 298 cm³/mol. The maximum Gasteiger partial charge on any atom is 0.319 e. The summed E-state index contributed by atoms with van der Waals surface area (Å²) in [5.41, 5.74) is 8.89. The largest absolute Gasteiger partial charge is 0.513 e. The second-order valence-electron chi connectivity index (χ2n) is 22.1. The number of amides is 2. The number of likely N-dealkylation sites (tertiary alicyclic amines) is 1. The molecule has 13 rings (SSSR count). The highest BCUT2D eigenvalue weighted by Crippen LogP contribution is 2.53. The van der Waals surface area contributed by atoms with Gasteiger partial charge in [0.05, 0.1) is 42.5 Å². The van der Waals surface area contributed by atoms with E-state index in [0.29, 0.717) is 72.2 Å². The van der Waals surface area contributed by atoms with Crippen LogP contribution in [0.2, 0.25) is 0 Å². The number of rotatable bonds is 16. The first-order valence-electron chi connectivity index (χ1n) is 27.8. The maximum atomic E-state index is 16.1. The van der Waals surface area contributed by atoms with E-state index < -0.39 is 18.0 Å². The number of ether oxygens (including phenoxy) is 3. The van der Waals surface area contributed by atoms with Crippen LogP contribution in [0.3, 0.4) is 0 Å². The Morgan fingerprint density at radius 1 is 0.963 bits per heavy atom. The van der Waals surface area contributed by atoms with Gasteiger partial charge in [-0.3, -0.25) is 14.7 Å². The Hall–Kier alpha value is -8.36. The lowest BCUT2D eigenvalue weighted by Crippen LogP contribution is -2.48. The predicted octanol–water partition coefficient (Wildman–Crippen LogP) is 8.76. The van der Waals surface area contributed by atoms with Gasteiger partial charge in [0.25, 0.3) is 0 Å². The van der Waals surface area contributed by atoms with Crippen molar-refractivity contribution in [2.75, 3.05) is 37.7 Å². The Morgan fingerprint density at radius 3 is 2.49 bits per heavy atom. The number of aliphatic hydroxyl groups is 1. The average molecular weight is 1080 g/mol. The highest BCUT2D eigenvalue weighted by molar-refractivity contribution is 6.06. The first-order chi connectivity index (χ1) is 39.1. The lowest BCUT2D eigenvalue weighted by atomic mass is 9.88. The van der Waals surface area contributed by atoms with Crippen LogP contribution in [0.1, 0.15) is 93.0 Å². The first kappa shape index (κ1) is 51.1. The summed E-state index contributed by atoms with van der Waals surface area (Å²) >= 11 is 0. The fourth-order valence-electron chi connectivity index (χ4n) is 12.2. The van der Waals surface area contributed by atoms with Gasteiger partial charge in [0.1, 0.15) is 60.2 Å². The minimum atomic E-state index is -0.758. The van der Waals surface area contributed by atoms with Crippen LogP contribution in [0.4, 0.5) is 10.2 Å². The van der Waals surface area contributed by atoms with E-state index >= 15 is 4.39 Å². The second-order valence-corrected chi connectivity index (χ2v) is 22.1. The number of nitrogens with zero attached hydrogens (tertiary/aromatic N) is 10. The number of piperazine rings is 1. The van der Waals surface area contributed by atoms with Crippen molar-refractivity contribution in [2.45, 2.75) is 109 Å². The van der Waals surface area contributed by atoms with E-state index in [9.17, 15) is 14.7 Å². The third-order valence-electron chi connectivity index (χ3n) is 16.5. The Kier molecular flexibility index (Phi) is 13.6. The van der Waals surface area contributed by atoms with Gasteiger partial charge in [-0.15, -0.1) is 5.10 Å². The molecule has 4 aliphatic heterocycles. The number of carbonyl (C=O) groups excluding carboxylic acids is 2. The summed E-state index contributed by atoms with van der Waals surface area (Å²) in [7, 11) is 0. The summed E-state index contributed by atoms with van der Waals surface area (Å²) in [5.74, 6) is 0.406. The molecule has 4 N–H and O–H groups in total. The van der Waals surface area contributed by atoms with E-state index in [4.69, 9.17) is 24.2 Å². The Bertz CT molecular complexity index is 3650. The van der Waals surface area contributed by atoms with E-state index in [0.717, 1.165) is 107 Å². The van der Waals surface area contributed by atoms with Crippen molar-refractivity contribution in [3.8, 4) is 45.4 Å². The Morgan fingerprint density at radius 2 is 1.76 bits per heavy atom. The van der Waals surface area contributed by atoms with Crippen LogP contribution in [0.5, 0.6) is 11.8 Å². The number of carbonyl (C=O) groups is 2. The molecule has 5 fully saturated rings. The van der Waals surface area contributed by atoms with Gasteiger partial charge in [0.15, 0.2) is 5.75 Å². The minimum Gasteiger partial charge on any atom is -0.513 e. The molecule has 0 spiro atoms. The Balaban J connectivity index is 0.782. The summed E-state index contributed by atoms with van der Waals surface area (Å²) in [6, 6.07) is 20.1. The monoisotopic (exact) mass is 1080 g/mol. The summed E-state index contributed by atoms with van der Waals surface area (Å²) in [6.07, 6.45) is 13.0. The van der Waals surface area contributed by atoms with Gasteiger partial charge in [-0.2, -0.15) is 15.1 Å². The molecule has 5 aliphatic rings. The second kappa shape index (κ2) is 21.4. The van der Waals surface area contributed by atoms with E-state index in [1.165, 1.54) is 12.4 Å². The fraction of sp³-hybridized carbons (Fsp3) is 0.383. The van der Waals surface area contributed by atoms with E-state index in [1.807, 2.05) is 57.2 Å². The van der Waals surface area contributed by atoms with Crippen LogP contribution in [0, 0.1) is 18.7 Å². The molecule has 4 saturated heterocycles. The summed E-state index contributed by atoms with van der Waals surface area (Å²) in [6.45, 7) is 9.13. The quantitative estimate of drug-likeness (QED) is 0.0664. The molecule has 8 heterocycles. The molecule has 2 amide bonds. The smallest absolute Gasteiger partial charge is 0.319 e. The number of aliphatic hydroxyl groups excluding tert-OH is 1. The van der Waals surface area contributed by atoms with Crippen LogP contribution >= 0.6 is 0 Å². The minimum absolute atomic E-state index is 0.109. The number of hydrogen-bond donors (Lipinski definition) is 4. The van der Waals surface area contributed by atoms with Crippen LogP contribution < -0.4 is 25.0 Å². The topological polar surface area (TPSA) is 224 Å². The van der Waals surface area contributed by atoms with Crippen LogP contribution in [0.25, 0.3) is 61.1 Å². The van der Waals surface area contributed by atoms with Gasteiger partial charge in [0.2, 0.25) is 11.8 Å². The number of aromatic amines is 1. The highest BCUT2D eigenvalue weighted by Gasteiger charge is 2.42. The average Bonchev–Trinajstić information content (AvgIpc) is 4.21. The summed E-state index contributed by atoms with van der Waals surface area (Å²) in [5, 5.41) is 34.9. The molecule has 20 heteroatoms. The van der Waals surface area contributed by atoms with Crippen molar-refractivity contribution in [3.05, 3.63) is 126 Å². The zero-order valence-corrected chi connectivity index (χ0v) is 44.8. The van der Waals surface area contributed by atoms with Crippen molar-refractivity contribution < 1.29 is 33.3 Å². The molecular weight excluding hydrogens is 1020 g/mol. The van der Waals surface area contributed by atoms with Gasteiger partial charge in [-0.25, -0.2) is 19.0 Å². The third-order valence-corrected chi connectivity index (χ3v) is 16.5. The lowest BCUT2D eigenvalue weighted by Gasteiger charge is -2.31. The maximum absolute atomic E-state index is 16.1. The van der Waals surface area contributed by atoms with Crippen molar-refractivity contribution in [2.24, 2.45) is 5.92 Å². The number of fused-ring (bicyclic) bond motifs is 4. The van der Waals surface area contributed by atoms with Gasteiger partial charge in [-0.1, -0.05) is 67.6 Å². The first-order valence-corrected chi connectivity index (χ1v) is 27.8. The number of benzene rings is 4. The molecule has 19 nitrogen and oxygen atoms in total. The normalized spacial score (nSPS) is 19.9. The summed E-state index contributed by atoms with van der Waals surface area (Å²) < 4.78 is 37.2. The van der Waals surface area contributed by atoms with Crippen molar-refractivity contribution in [3.63, 3.8) is 0 Å². The molecule has 1 aliphatic carbocycles. The van der Waals surface area contributed by atoms with E-state index in [2.05, 4.69) is 52.1 Å². The zero-order chi connectivity index (χ0) is 54.6. The summed E-state index contributed by atoms with van der Waals surface area (Å²) in [4.78, 5) is 51.2. The molecule has 8 aromatic rings. The van der Waals surface area contributed by atoms with Crippen molar-refractivity contribution in [1.82, 2.24) is 60.7 Å². The number of halogens is 1. The number of anilines is 1. The van der Waals surface area contributed by atoms with E-state index in [1.54, 1.807) is 46.4 Å². The molecule has 4 atom stereocenters. The molecule has 410 valence electrons. The number of H-pyrrole nitrogens is 1. The van der Waals surface area contributed by atoms with Crippen molar-refractivity contribution in [1.29, 1.82) is 0 Å². The van der Waals surface area contributed by atoms with Crippen LogP contribution in [-0.4, -0.2) is 124 Å². The number of hydrogen-bond acceptors (Lipinski definition) is 15. The lowest BCUT2D eigenvalue weighted by molar-refractivity contribution is -0.142. The number of aromatic nitrogens is 9. The zero-order valence-electron chi connectivity index (χ0n) is 44.8. The van der Waals surface area contributed by atoms with Crippen molar-refractivity contribution >= 4 is 45.1 Å². The van der Waals surface area contributed by atoms with Gasteiger partial charge < -0.3 is 39.8 Å². The molecule has 0 radical (unpaired) electrons. The molecular formula is C60H62FN13O6. The van der Waals surface area contributed by atoms with Gasteiger partial charge in [0, 0.05) is 89.3 Å². The molecule has 0 unspecified atom stereocenters. The molecule has 2 bridgehead atoms. The number of nitrogens with one attached hydrogen (secondary N) is 3. The van der Waals surface area contributed by atoms with Crippen LogP contribution in [-0.2, 0) is 20.9 Å². The molecule has 4 aromatic heterocycles. The van der Waals surface area contributed by atoms with Gasteiger partial charge in [-0.05, 0) is 85.8 Å². The SMILES string of the molecule is Cc1c(F)cc2[nH]ncc2c1-c1c(C2CC2)cc2c(N3C[C@@H]4C[C@H]3CN4)nc(OC3CCOCC3)nc2c1OCc1ccc(-c2cn([C@H](C(=O)N3CCC[C@H]3C(=O)N/C(=C/O)c3ccc(-c4ccncn4)cc3)C(C)C)nn2)cc1. The highest BCUT2D eigenvalue weighted by atomic mass is 19.1. The van der Waals surface area contributed by atoms with E-state index in [-0.39, 0.29) is 54.0 Å².